The summed E-state index contributed by atoms with van der Waals surface area (Å²) in [5, 5.41) is 8.96. The zero-order valence-corrected chi connectivity index (χ0v) is 8.35. The van der Waals surface area contributed by atoms with Gasteiger partial charge in [-0.05, 0) is 6.42 Å². The second-order valence-corrected chi connectivity index (χ2v) is 3.19. The molecule has 0 aliphatic heterocycles. The molecule has 0 bridgehead atoms. The van der Waals surface area contributed by atoms with E-state index in [9.17, 15) is 4.79 Å². The van der Waals surface area contributed by atoms with Crippen LogP contribution in [0.15, 0.2) is 6.20 Å². The Labute approximate surface area is 85.3 Å². The van der Waals surface area contributed by atoms with Gasteiger partial charge in [-0.25, -0.2) is 4.79 Å². The Morgan fingerprint density at radius 2 is 2.23 bits per heavy atom. The molecule has 0 spiro atoms. The second kappa shape index (κ2) is 3.94. The highest BCUT2D eigenvalue weighted by atomic mass is 35.5. The fraction of sp³-hybridized carbons (Fsp3) is 0.250. The summed E-state index contributed by atoms with van der Waals surface area (Å²) in [6, 6.07) is 0. The van der Waals surface area contributed by atoms with Crippen molar-refractivity contribution in [3.05, 3.63) is 27.5 Å². The van der Waals surface area contributed by atoms with Crippen LogP contribution in [-0.4, -0.2) is 16.1 Å². The molecule has 70 valence electrons. The average molecular weight is 220 g/mol. The van der Waals surface area contributed by atoms with Crippen LogP contribution in [0.4, 0.5) is 0 Å². The number of carboxylic acids is 1. The molecule has 1 heterocycles. The highest BCUT2D eigenvalue weighted by Gasteiger charge is 2.16. The van der Waals surface area contributed by atoms with Crippen LogP contribution in [0.25, 0.3) is 0 Å². The number of aryl methyl sites for hydroxylation is 1. The molecule has 1 aromatic heterocycles. The van der Waals surface area contributed by atoms with E-state index in [1.807, 2.05) is 6.92 Å². The zero-order valence-electron chi connectivity index (χ0n) is 6.84. The summed E-state index contributed by atoms with van der Waals surface area (Å²) in [6.07, 6.45) is 1.88. The summed E-state index contributed by atoms with van der Waals surface area (Å²) < 4.78 is 0. The first-order valence-electron chi connectivity index (χ1n) is 3.64. The van der Waals surface area contributed by atoms with Crippen LogP contribution in [0.1, 0.15) is 23.0 Å². The van der Waals surface area contributed by atoms with Crippen molar-refractivity contribution in [2.75, 3.05) is 0 Å². The van der Waals surface area contributed by atoms with E-state index < -0.39 is 5.97 Å². The minimum atomic E-state index is -1.13. The molecule has 0 aliphatic rings. The lowest BCUT2D eigenvalue weighted by Crippen LogP contribution is -2.02. The summed E-state index contributed by atoms with van der Waals surface area (Å²) >= 11 is 11.4. The Bertz CT molecular complexity index is 352. The Morgan fingerprint density at radius 1 is 1.62 bits per heavy atom. The predicted molar refractivity (Wildman–Crippen MR) is 50.6 cm³/mol. The predicted octanol–water partition coefficient (Wildman–Crippen LogP) is 2.65. The molecule has 0 saturated carbocycles. The van der Waals surface area contributed by atoms with Gasteiger partial charge in [0.1, 0.15) is 5.56 Å². The van der Waals surface area contributed by atoms with E-state index in [0.717, 1.165) is 0 Å². The van der Waals surface area contributed by atoms with Crippen LogP contribution in [0.2, 0.25) is 10.0 Å². The average Bonchev–Trinajstić information content (AvgIpc) is 2.04. The summed E-state index contributed by atoms with van der Waals surface area (Å²) in [5.41, 5.74) is 0.471. The van der Waals surface area contributed by atoms with Gasteiger partial charge in [-0.3, -0.25) is 4.98 Å². The molecule has 0 aliphatic carbocycles. The Hall–Kier alpha value is -0.800. The fourth-order valence-corrected chi connectivity index (χ4v) is 1.59. The van der Waals surface area contributed by atoms with E-state index in [-0.39, 0.29) is 15.6 Å². The van der Waals surface area contributed by atoms with Gasteiger partial charge < -0.3 is 5.11 Å². The van der Waals surface area contributed by atoms with Crippen LogP contribution < -0.4 is 0 Å². The fourth-order valence-electron chi connectivity index (χ4n) is 0.947. The molecule has 0 aromatic carbocycles. The Balaban J connectivity index is 3.38. The molecule has 3 nitrogen and oxygen atoms in total. The van der Waals surface area contributed by atoms with Gasteiger partial charge in [-0.15, -0.1) is 0 Å². The maximum Gasteiger partial charge on any atom is 0.338 e. The highest BCUT2D eigenvalue weighted by molar-refractivity contribution is 6.39. The third-order valence-electron chi connectivity index (χ3n) is 1.59. The van der Waals surface area contributed by atoms with Crippen molar-refractivity contribution in [3.8, 4) is 0 Å². The minimum absolute atomic E-state index is 0.0645. The zero-order chi connectivity index (χ0) is 10.0. The largest absolute Gasteiger partial charge is 0.478 e. The van der Waals surface area contributed by atoms with E-state index >= 15 is 0 Å². The number of carboxylic acid groups (broad SMARTS) is 1. The first-order valence-corrected chi connectivity index (χ1v) is 4.39. The lowest BCUT2D eigenvalue weighted by molar-refractivity contribution is 0.0697. The first-order chi connectivity index (χ1) is 6.07. The van der Waals surface area contributed by atoms with Gasteiger partial charge in [0.15, 0.2) is 0 Å². The number of aromatic nitrogens is 1. The van der Waals surface area contributed by atoms with Gasteiger partial charge >= 0.3 is 5.97 Å². The van der Waals surface area contributed by atoms with Crippen LogP contribution in [0, 0.1) is 0 Å². The van der Waals surface area contributed by atoms with Crippen molar-refractivity contribution >= 4 is 29.2 Å². The molecule has 1 rings (SSSR count). The smallest absolute Gasteiger partial charge is 0.338 e. The third kappa shape index (κ3) is 1.92. The lowest BCUT2D eigenvalue weighted by Gasteiger charge is -2.04. The first kappa shape index (κ1) is 10.3. The van der Waals surface area contributed by atoms with Crippen LogP contribution in [-0.2, 0) is 6.42 Å². The monoisotopic (exact) mass is 219 g/mol. The molecule has 0 amide bonds. The van der Waals surface area contributed by atoms with Gasteiger partial charge in [0, 0.05) is 6.20 Å². The van der Waals surface area contributed by atoms with Crippen molar-refractivity contribution in [2.24, 2.45) is 0 Å². The molecule has 0 atom stereocenters. The number of aromatic carboxylic acids is 1. The van der Waals surface area contributed by atoms with Crippen molar-refractivity contribution in [1.82, 2.24) is 4.98 Å². The van der Waals surface area contributed by atoms with E-state index in [1.165, 1.54) is 6.20 Å². The number of rotatable bonds is 2. The summed E-state index contributed by atoms with van der Waals surface area (Å²) in [4.78, 5) is 14.6. The number of carbonyl (C=O) groups is 1. The summed E-state index contributed by atoms with van der Waals surface area (Å²) in [7, 11) is 0. The molecule has 0 fully saturated rings. The number of pyridine rings is 1. The van der Waals surface area contributed by atoms with Gasteiger partial charge in [-0.1, -0.05) is 30.1 Å². The standard InChI is InChI=1S/C8H7Cl2NO2/c1-2-5-7(10)6(8(12)13)4(9)3-11-5/h3H,2H2,1H3,(H,12,13). The summed E-state index contributed by atoms with van der Waals surface area (Å²) in [6.45, 7) is 1.84. The number of hydrogen-bond donors (Lipinski definition) is 1. The molecule has 0 radical (unpaired) electrons. The molecular weight excluding hydrogens is 213 g/mol. The van der Waals surface area contributed by atoms with Crippen LogP contribution in [0.5, 0.6) is 0 Å². The molecule has 1 aromatic rings. The van der Waals surface area contributed by atoms with Gasteiger partial charge in [0.25, 0.3) is 0 Å². The molecule has 1 N–H and O–H groups in total. The lowest BCUT2D eigenvalue weighted by atomic mass is 10.2. The van der Waals surface area contributed by atoms with Gasteiger partial charge in [0.05, 0.1) is 15.7 Å². The van der Waals surface area contributed by atoms with Crippen LogP contribution >= 0.6 is 23.2 Å². The molecule has 5 heteroatoms. The SMILES string of the molecule is CCc1ncc(Cl)c(C(=O)O)c1Cl. The topological polar surface area (TPSA) is 50.2 Å². The van der Waals surface area contributed by atoms with Gasteiger partial charge in [-0.2, -0.15) is 0 Å². The Kier molecular flexibility index (Phi) is 3.12. The van der Waals surface area contributed by atoms with E-state index in [2.05, 4.69) is 4.98 Å². The van der Waals surface area contributed by atoms with Crippen molar-refractivity contribution < 1.29 is 9.90 Å². The molecule has 0 saturated heterocycles. The van der Waals surface area contributed by atoms with Crippen molar-refractivity contribution in [2.45, 2.75) is 13.3 Å². The van der Waals surface area contributed by atoms with E-state index in [4.69, 9.17) is 28.3 Å². The summed E-state index contributed by atoms with van der Waals surface area (Å²) in [5.74, 6) is -1.13. The normalized spacial score (nSPS) is 10.1. The number of halogens is 2. The van der Waals surface area contributed by atoms with Crippen molar-refractivity contribution in [3.63, 3.8) is 0 Å². The maximum absolute atomic E-state index is 10.7. The number of nitrogens with zero attached hydrogens (tertiary/aromatic N) is 1. The van der Waals surface area contributed by atoms with E-state index in [1.54, 1.807) is 0 Å². The minimum Gasteiger partial charge on any atom is -0.478 e. The highest BCUT2D eigenvalue weighted by Crippen LogP contribution is 2.26. The Morgan fingerprint density at radius 3 is 2.69 bits per heavy atom. The van der Waals surface area contributed by atoms with Crippen LogP contribution in [0.3, 0.4) is 0 Å². The molecular formula is C8H7Cl2NO2. The quantitative estimate of drug-likeness (QED) is 0.833. The van der Waals surface area contributed by atoms with Gasteiger partial charge in [0.2, 0.25) is 0 Å². The molecule has 13 heavy (non-hydrogen) atoms. The second-order valence-electron chi connectivity index (χ2n) is 2.40. The van der Waals surface area contributed by atoms with Crippen molar-refractivity contribution in [1.29, 1.82) is 0 Å². The molecule has 0 unspecified atom stereocenters. The van der Waals surface area contributed by atoms with E-state index in [0.29, 0.717) is 12.1 Å². The maximum atomic E-state index is 10.7. The number of hydrogen-bond acceptors (Lipinski definition) is 2. The third-order valence-corrected chi connectivity index (χ3v) is 2.29.